The highest BCUT2D eigenvalue weighted by molar-refractivity contribution is 8.01. The van der Waals surface area contributed by atoms with Crippen LogP contribution in [0.15, 0.2) is 46.9 Å². The molecule has 0 N–H and O–H groups in total. The summed E-state index contributed by atoms with van der Waals surface area (Å²) in [6, 6.07) is 10.2. The van der Waals surface area contributed by atoms with E-state index in [-0.39, 0.29) is 4.75 Å². The summed E-state index contributed by atoms with van der Waals surface area (Å²) < 4.78 is -0.373. The topological polar surface area (TPSA) is 17.1 Å². The lowest BCUT2D eigenvalue weighted by Gasteiger charge is -2.27. The zero-order valence-corrected chi connectivity index (χ0v) is 14.0. The lowest BCUT2D eigenvalue weighted by Crippen LogP contribution is -2.27. The van der Waals surface area contributed by atoms with Crippen molar-refractivity contribution in [2.75, 3.05) is 5.88 Å². The largest absolute Gasteiger partial charge is 0.302 e. The monoisotopic (exact) mass is 322 g/mol. The van der Waals surface area contributed by atoms with Gasteiger partial charge in [-0.05, 0) is 57.1 Å². The minimum atomic E-state index is -0.373. The van der Waals surface area contributed by atoms with Crippen molar-refractivity contribution in [2.45, 2.75) is 54.6 Å². The van der Waals surface area contributed by atoms with Crippen LogP contribution < -0.4 is 0 Å². The first-order valence-corrected chi connectivity index (χ1v) is 9.07. The van der Waals surface area contributed by atoms with Crippen molar-refractivity contribution < 1.29 is 4.79 Å². The summed E-state index contributed by atoms with van der Waals surface area (Å²) >= 11 is 7.62. The summed E-state index contributed by atoms with van der Waals surface area (Å²) in [6.07, 6.45) is 11.1. The zero-order chi connectivity index (χ0) is 15.0. The van der Waals surface area contributed by atoms with Crippen LogP contribution in [0.2, 0.25) is 0 Å². The molecule has 1 aromatic rings. The van der Waals surface area contributed by atoms with Crippen molar-refractivity contribution >= 4 is 29.6 Å². The van der Waals surface area contributed by atoms with Gasteiger partial charge >= 0.3 is 0 Å². The van der Waals surface area contributed by atoms with Gasteiger partial charge in [0.1, 0.15) is 6.29 Å². The van der Waals surface area contributed by atoms with Crippen molar-refractivity contribution in [3.63, 3.8) is 0 Å². The first kappa shape index (κ1) is 16.6. The molecule has 0 spiro atoms. The molecule has 1 unspecified atom stereocenters. The van der Waals surface area contributed by atoms with Gasteiger partial charge in [-0.3, -0.25) is 0 Å². The summed E-state index contributed by atoms with van der Waals surface area (Å²) in [5, 5.41) is 0. The first-order valence-electron chi connectivity index (χ1n) is 7.72. The fourth-order valence-corrected chi connectivity index (χ4v) is 4.54. The summed E-state index contributed by atoms with van der Waals surface area (Å²) in [7, 11) is 0. The van der Waals surface area contributed by atoms with Crippen LogP contribution in [0.3, 0.4) is 0 Å². The standard InChI is InChI=1S/C18H23ClOS/c19-14-13-18(15-20,21-17-10-2-1-3-11-17)12-6-9-16-7-4-5-8-16/h1-3,7,10-11,15H,4-6,8-9,12-14H2. The summed E-state index contributed by atoms with van der Waals surface area (Å²) in [5.74, 6) is 0.529. The van der Waals surface area contributed by atoms with E-state index < -0.39 is 0 Å². The van der Waals surface area contributed by atoms with Crippen molar-refractivity contribution in [3.8, 4) is 0 Å². The van der Waals surface area contributed by atoms with Gasteiger partial charge < -0.3 is 4.79 Å². The minimum Gasteiger partial charge on any atom is -0.302 e. The van der Waals surface area contributed by atoms with E-state index in [9.17, 15) is 4.79 Å². The smallest absolute Gasteiger partial charge is 0.136 e. The number of thioether (sulfide) groups is 1. The number of aldehydes is 1. The van der Waals surface area contributed by atoms with Crippen LogP contribution in [0.25, 0.3) is 0 Å². The number of alkyl halides is 1. The lowest BCUT2D eigenvalue weighted by atomic mass is 9.97. The predicted molar refractivity (Wildman–Crippen MR) is 92.2 cm³/mol. The van der Waals surface area contributed by atoms with Crippen LogP contribution in [0.5, 0.6) is 0 Å². The Bertz CT molecular complexity index is 471. The van der Waals surface area contributed by atoms with Crippen molar-refractivity contribution in [1.29, 1.82) is 0 Å². The van der Waals surface area contributed by atoms with Crippen LogP contribution in [-0.2, 0) is 4.79 Å². The molecule has 0 saturated carbocycles. The number of hydrogen-bond acceptors (Lipinski definition) is 2. The van der Waals surface area contributed by atoms with Crippen molar-refractivity contribution in [1.82, 2.24) is 0 Å². The number of carbonyl (C=O) groups is 1. The molecule has 1 aliphatic rings. The molecule has 0 heterocycles. The Labute approximate surface area is 137 Å². The van der Waals surface area contributed by atoms with Gasteiger partial charge in [-0.1, -0.05) is 29.8 Å². The van der Waals surface area contributed by atoms with Crippen molar-refractivity contribution in [2.24, 2.45) is 0 Å². The number of carbonyl (C=O) groups excluding carboxylic acids is 1. The fourth-order valence-electron chi connectivity index (χ4n) is 2.83. The van der Waals surface area contributed by atoms with Gasteiger partial charge in [0, 0.05) is 10.8 Å². The maximum Gasteiger partial charge on any atom is 0.136 e. The number of hydrogen-bond donors (Lipinski definition) is 0. The average Bonchev–Trinajstić information content (AvgIpc) is 3.02. The lowest BCUT2D eigenvalue weighted by molar-refractivity contribution is -0.110. The minimum absolute atomic E-state index is 0.373. The molecule has 0 saturated heterocycles. The third-order valence-electron chi connectivity index (χ3n) is 4.03. The quantitative estimate of drug-likeness (QED) is 0.254. The molecule has 1 aromatic carbocycles. The zero-order valence-electron chi connectivity index (χ0n) is 12.4. The molecule has 0 bridgehead atoms. The van der Waals surface area contributed by atoms with Gasteiger partial charge in [0.15, 0.2) is 0 Å². The molecule has 114 valence electrons. The summed E-state index contributed by atoms with van der Waals surface area (Å²) in [6.45, 7) is 0. The molecule has 0 radical (unpaired) electrons. The SMILES string of the molecule is O=CC(CCCl)(CCCC1=CCCC1)Sc1ccccc1. The third-order valence-corrected chi connectivity index (χ3v) is 5.64. The van der Waals surface area contributed by atoms with Gasteiger partial charge in [0.2, 0.25) is 0 Å². The van der Waals surface area contributed by atoms with Gasteiger partial charge in [0.25, 0.3) is 0 Å². The Morgan fingerprint density at radius 1 is 1.24 bits per heavy atom. The van der Waals surface area contributed by atoms with E-state index in [1.165, 1.54) is 19.3 Å². The molecule has 3 heteroatoms. The van der Waals surface area contributed by atoms with Gasteiger partial charge in [-0.2, -0.15) is 0 Å². The average molecular weight is 323 g/mol. The Kier molecular flexibility index (Phi) is 6.85. The number of allylic oxidation sites excluding steroid dienone is 2. The molecule has 0 aromatic heterocycles. The van der Waals surface area contributed by atoms with Crippen LogP contribution in [0.1, 0.15) is 44.9 Å². The maximum atomic E-state index is 11.8. The molecule has 21 heavy (non-hydrogen) atoms. The molecule has 0 fully saturated rings. The van der Waals surface area contributed by atoms with Gasteiger partial charge in [0.05, 0.1) is 4.75 Å². The number of rotatable bonds is 9. The Balaban J connectivity index is 1.96. The second kappa shape index (κ2) is 8.65. The van der Waals surface area contributed by atoms with Crippen LogP contribution in [0, 0.1) is 0 Å². The molecule has 1 atom stereocenters. The molecule has 2 rings (SSSR count). The molecule has 1 nitrogen and oxygen atoms in total. The molecule has 0 amide bonds. The molecular weight excluding hydrogens is 300 g/mol. The molecular formula is C18H23ClOS. The second-order valence-electron chi connectivity index (χ2n) is 5.64. The Morgan fingerprint density at radius 2 is 2.05 bits per heavy atom. The number of halogens is 1. The van der Waals surface area contributed by atoms with Crippen molar-refractivity contribution in [3.05, 3.63) is 42.0 Å². The highest BCUT2D eigenvalue weighted by Crippen LogP contribution is 2.39. The van der Waals surface area contributed by atoms with Gasteiger partial charge in [-0.25, -0.2) is 0 Å². The summed E-state index contributed by atoms with van der Waals surface area (Å²) in [4.78, 5) is 12.9. The van der Waals surface area contributed by atoms with Crippen LogP contribution in [-0.4, -0.2) is 16.9 Å². The van der Waals surface area contributed by atoms with E-state index >= 15 is 0 Å². The normalized spacial score (nSPS) is 17.3. The predicted octanol–water partition coefficient (Wildman–Crippen LogP) is 5.63. The van der Waals surface area contributed by atoms with Gasteiger partial charge in [-0.15, -0.1) is 23.4 Å². The Hall–Kier alpha value is -0.730. The Morgan fingerprint density at radius 3 is 2.67 bits per heavy atom. The van der Waals surface area contributed by atoms with E-state index in [0.717, 1.165) is 36.9 Å². The van der Waals surface area contributed by atoms with E-state index in [0.29, 0.717) is 5.88 Å². The molecule has 1 aliphatic carbocycles. The maximum absolute atomic E-state index is 11.8. The van der Waals surface area contributed by atoms with E-state index in [4.69, 9.17) is 11.6 Å². The summed E-state index contributed by atoms with van der Waals surface area (Å²) in [5.41, 5.74) is 1.57. The highest BCUT2D eigenvalue weighted by atomic mass is 35.5. The van der Waals surface area contributed by atoms with E-state index in [1.807, 2.05) is 18.2 Å². The molecule has 0 aliphatic heterocycles. The van der Waals surface area contributed by atoms with E-state index in [2.05, 4.69) is 18.2 Å². The third kappa shape index (κ3) is 5.19. The first-order chi connectivity index (χ1) is 10.3. The van der Waals surface area contributed by atoms with Crippen LogP contribution >= 0.6 is 23.4 Å². The highest BCUT2D eigenvalue weighted by Gasteiger charge is 2.30. The second-order valence-corrected chi connectivity index (χ2v) is 7.51. The number of benzene rings is 1. The van der Waals surface area contributed by atoms with Crippen LogP contribution in [0.4, 0.5) is 0 Å². The van der Waals surface area contributed by atoms with E-state index in [1.54, 1.807) is 17.3 Å². The fraction of sp³-hybridized carbons (Fsp3) is 0.500.